The van der Waals surface area contributed by atoms with Crippen molar-refractivity contribution in [2.24, 2.45) is 0 Å². The highest BCUT2D eigenvalue weighted by Gasteiger charge is 2.46. The van der Waals surface area contributed by atoms with Crippen LogP contribution in [-0.4, -0.2) is 16.8 Å². The molecule has 3 rings (SSSR count). The van der Waals surface area contributed by atoms with E-state index in [9.17, 15) is 0 Å². The summed E-state index contributed by atoms with van der Waals surface area (Å²) in [6.07, 6.45) is 1.22. The number of halogens is 1. The van der Waals surface area contributed by atoms with Crippen molar-refractivity contribution in [1.82, 2.24) is 0 Å². The molecule has 0 saturated carbocycles. The molecule has 0 radical (unpaired) electrons. The zero-order valence-corrected chi connectivity index (χ0v) is 11.9. The average Bonchev–Trinajstić information content (AvgIpc) is 2.75. The molecule has 5 nitrogen and oxygen atoms in total. The minimum absolute atomic E-state index is 0.242. The van der Waals surface area contributed by atoms with Crippen LogP contribution in [0.2, 0.25) is 0 Å². The minimum Gasteiger partial charge on any atom is -0.222 e. The number of benzene rings is 1. The maximum atomic E-state index is 8.49. The van der Waals surface area contributed by atoms with Gasteiger partial charge in [0.25, 0.3) is 0 Å². The normalized spacial score (nSPS) is 19.1. The fourth-order valence-electron chi connectivity index (χ4n) is 2.83. The Morgan fingerprint density at radius 2 is 1.74 bits per heavy atom. The second kappa shape index (κ2) is 4.54. The lowest BCUT2D eigenvalue weighted by molar-refractivity contribution is -2.00. The fourth-order valence-corrected chi connectivity index (χ4v) is 2.83. The van der Waals surface area contributed by atoms with Crippen molar-refractivity contribution in [3.8, 4) is 0 Å². The van der Waals surface area contributed by atoms with Crippen LogP contribution in [0.3, 0.4) is 0 Å². The lowest BCUT2D eigenvalue weighted by atomic mass is 9.81. The maximum absolute atomic E-state index is 8.49. The molecule has 0 fully saturated rings. The summed E-state index contributed by atoms with van der Waals surface area (Å²) in [5.74, 6) is 0. The number of hydrogen-bond acceptors (Lipinski definition) is 4. The van der Waals surface area contributed by atoms with Gasteiger partial charge in [-0.15, -0.1) is 10.2 Å². The highest BCUT2D eigenvalue weighted by atomic mass is 35.7. The highest BCUT2D eigenvalue weighted by molar-refractivity contribution is 5.94. The smallest absolute Gasteiger partial charge is 0.212 e. The Labute approximate surface area is 114 Å². The Hall–Kier alpha value is -0.980. The predicted octanol–water partition coefficient (Wildman–Crippen LogP) is -2.12. The monoisotopic (exact) mass is 285 g/mol. The van der Waals surface area contributed by atoms with Gasteiger partial charge in [-0.1, -0.05) is 18.2 Å². The van der Waals surface area contributed by atoms with E-state index in [1.54, 1.807) is 0 Å². The first kappa shape index (κ1) is 14.4. The Bertz CT molecular complexity index is 540. The molecule has 0 amide bonds. The van der Waals surface area contributed by atoms with Gasteiger partial charge in [0.2, 0.25) is 5.69 Å². The maximum Gasteiger partial charge on any atom is 0.212 e. The van der Waals surface area contributed by atoms with Crippen molar-refractivity contribution >= 4 is 11.4 Å². The van der Waals surface area contributed by atoms with Crippen molar-refractivity contribution in [2.75, 3.05) is 6.54 Å². The van der Waals surface area contributed by atoms with Crippen LogP contribution in [0.25, 0.3) is 0 Å². The van der Waals surface area contributed by atoms with E-state index in [2.05, 4.69) is 43.5 Å². The molecule has 0 unspecified atom stereocenters. The summed E-state index contributed by atoms with van der Waals surface area (Å²) in [5, 5.41) is 0. The summed E-state index contributed by atoms with van der Waals surface area (Å²) in [6, 6.07) is 6.76. The summed E-state index contributed by atoms with van der Waals surface area (Å²) in [5.41, 5.74) is 6.32. The third-order valence-corrected chi connectivity index (χ3v) is 3.98. The molecule has 1 aromatic rings. The topological polar surface area (TPSA) is 95.2 Å². The SMILES string of the molecule is CC1=[N+]2CCc3cccc(c32)C1(C)C.[O-][Cl+3]([O-])([O-])[O-]. The second-order valence-electron chi connectivity index (χ2n) is 5.30. The lowest BCUT2D eigenvalue weighted by Gasteiger charge is -2.17. The van der Waals surface area contributed by atoms with Crippen LogP contribution in [0.5, 0.6) is 0 Å². The predicted molar refractivity (Wildman–Crippen MR) is 58.6 cm³/mol. The molecule has 2 aliphatic rings. The molecule has 0 aliphatic carbocycles. The molecule has 19 heavy (non-hydrogen) atoms. The van der Waals surface area contributed by atoms with E-state index in [1.165, 1.54) is 35.5 Å². The second-order valence-corrected chi connectivity index (χ2v) is 6.06. The van der Waals surface area contributed by atoms with E-state index in [1.807, 2.05) is 0 Å². The molecule has 1 aromatic carbocycles. The zero-order valence-electron chi connectivity index (χ0n) is 11.1. The van der Waals surface area contributed by atoms with E-state index in [0.29, 0.717) is 0 Å². The Kier molecular flexibility index (Phi) is 3.45. The van der Waals surface area contributed by atoms with Gasteiger partial charge in [0.1, 0.15) is 0 Å². The lowest BCUT2D eigenvalue weighted by Crippen LogP contribution is -2.68. The average molecular weight is 286 g/mol. The van der Waals surface area contributed by atoms with Gasteiger partial charge in [0.15, 0.2) is 12.3 Å². The molecular weight excluding hydrogens is 270 g/mol. The Morgan fingerprint density at radius 3 is 2.32 bits per heavy atom. The molecule has 0 N–H and O–H groups in total. The Morgan fingerprint density at radius 1 is 1.16 bits per heavy atom. The van der Waals surface area contributed by atoms with Crippen molar-refractivity contribution < 1.29 is 33.5 Å². The van der Waals surface area contributed by atoms with Gasteiger partial charge >= 0.3 is 0 Å². The van der Waals surface area contributed by atoms with Crippen molar-refractivity contribution in [1.29, 1.82) is 0 Å². The van der Waals surface area contributed by atoms with Crippen LogP contribution in [-0.2, 0) is 11.8 Å². The first-order valence-corrected chi connectivity index (χ1v) is 7.21. The number of hydrogen-bond donors (Lipinski definition) is 0. The first-order chi connectivity index (χ1) is 8.62. The highest BCUT2D eigenvalue weighted by Crippen LogP contribution is 2.44. The van der Waals surface area contributed by atoms with Gasteiger partial charge in [-0.2, -0.15) is 4.58 Å². The van der Waals surface area contributed by atoms with E-state index in [-0.39, 0.29) is 5.41 Å². The molecule has 0 saturated heterocycles. The van der Waals surface area contributed by atoms with Gasteiger partial charge < -0.3 is 0 Å². The number of nitrogens with zero attached hydrogens (tertiary/aromatic N) is 1. The first-order valence-electron chi connectivity index (χ1n) is 5.98. The standard InChI is InChI=1S/C13H16N.ClHO4/c1-9-13(2,3)11-6-4-5-10-7-8-14(9)12(10)11;2-1(3,4)5/h4-6H,7-8H2,1-3H3;(H,2,3,4,5)/q+1;/p-1. The molecule has 0 bridgehead atoms. The quantitative estimate of drug-likeness (QED) is 0.509. The van der Waals surface area contributed by atoms with Crippen LogP contribution in [0.4, 0.5) is 5.69 Å². The fraction of sp³-hybridized carbons (Fsp3) is 0.462. The van der Waals surface area contributed by atoms with Crippen LogP contribution < -0.4 is 18.6 Å². The molecule has 2 aliphatic heterocycles. The van der Waals surface area contributed by atoms with E-state index in [4.69, 9.17) is 18.6 Å². The third kappa shape index (κ3) is 2.66. The minimum atomic E-state index is -4.94. The third-order valence-electron chi connectivity index (χ3n) is 3.98. The van der Waals surface area contributed by atoms with Crippen LogP contribution in [0, 0.1) is 10.2 Å². The van der Waals surface area contributed by atoms with Gasteiger partial charge in [0.05, 0.1) is 5.41 Å². The van der Waals surface area contributed by atoms with E-state index >= 15 is 0 Å². The molecule has 0 atom stereocenters. The molecule has 104 valence electrons. The Balaban J connectivity index is 0.000000232. The number of rotatable bonds is 0. The van der Waals surface area contributed by atoms with Gasteiger partial charge in [-0.25, -0.2) is 18.6 Å². The summed E-state index contributed by atoms with van der Waals surface area (Å²) < 4.78 is 36.5. The van der Waals surface area contributed by atoms with Gasteiger partial charge in [0, 0.05) is 24.5 Å². The van der Waals surface area contributed by atoms with Crippen LogP contribution in [0.1, 0.15) is 31.9 Å². The van der Waals surface area contributed by atoms with Crippen LogP contribution >= 0.6 is 0 Å². The summed E-state index contributed by atoms with van der Waals surface area (Å²) in [6.45, 7) is 8.11. The van der Waals surface area contributed by atoms with E-state index < -0.39 is 10.2 Å². The largest absolute Gasteiger partial charge is 0.222 e. The zero-order chi connectivity index (χ0) is 14.4. The molecule has 2 heterocycles. The number of para-hydroxylation sites is 1. The summed E-state index contributed by atoms with van der Waals surface area (Å²) >= 11 is 0. The van der Waals surface area contributed by atoms with E-state index in [0.717, 1.165) is 0 Å². The van der Waals surface area contributed by atoms with Gasteiger partial charge in [-0.05, 0) is 13.8 Å². The van der Waals surface area contributed by atoms with Gasteiger partial charge in [-0.3, -0.25) is 0 Å². The molecule has 6 heteroatoms. The molecule has 0 spiro atoms. The molecular formula is C13H16ClNO4. The van der Waals surface area contributed by atoms with Crippen molar-refractivity contribution in [3.63, 3.8) is 0 Å². The molecule has 0 aromatic heterocycles. The van der Waals surface area contributed by atoms with Crippen molar-refractivity contribution in [2.45, 2.75) is 32.6 Å². The summed E-state index contributed by atoms with van der Waals surface area (Å²) in [4.78, 5) is 0. The summed E-state index contributed by atoms with van der Waals surface area (Å²) in [7, 11) is -4.94. The van der Waals surface area contributed by atoms with Crippen LogP contribution in [0.15, 0.2) is 18.2 Å². The van der Waals surface area contributed by atoms with Crippen molar-refractivity contribution in [3.05, 3.63) is 29.3 Å².